The zero-order chi connectivity index (χ0) is 13.3. The standard InChI is InChI=1S/C12H11F2NO3/c13-8-4-3-7(10(14)9(8)12(17)18)5-15-11(16)6-1-2-6/h3-4,6H,1-2,5H2,(H,15,16)(H,17,18). The van der Waals surface area contributed by atoms with Gasteiger partial charge in [0, 0.05) is 18.0 Å². The van der Waals surface area contributed by atoms with Crippen molar-refractivity contribution in [1.29, 1.82) is 0 Å². The molecule has 2 rings (SSSR count). The highest BCUT2D eigenvalue weighted by Gasteiger charge is 2.29. The van der Waals surface area contributed by atoms with E-state index in [-0.39, 0.29) is 23.9 Å². The van der Waals surface area contributed by atoms with Crippen LogP contribution in [0.4, 0.5) is 8.78 Å². The number of hydrogen-bond acceptors (Lipinski definition) is 2. The van der Waals surface area contributed by atoms with Gasteiger partial charge in [-0.05, 0) is 18.9 Å². The normalized spacial score (nSPS) is 14.3. The van der Waals surface area contributed by atoms with Crippen molar-refractivity contribution in [1.82, 2.24) is 5.32 Å². The first kappa shape index (κ1) is 12.5. The van der Waals surface area contributed by atoms with Crippen molar-refractivity contribution in [3.63, 3.8) is 0 Å². The Labute approximate surface area is 102 Å². The van der Waals surface area contributed by atoms with Crippen LogP contribution in [0, 0.1) is 17.6 Å². The van der Waals surface area contributed by atoms with E-state index in [1.807, 2.05) is 0 Å². The smallest absolute Gasteiger partial charge is 0.341 e. The van der Waals surface area contributed by atoms with E-state index in [0.29, 0.717) is 0 Å². The van der Waals surface area contributed by atoms with Gasteiger partial charge in [-0.3, -0.25) is 4.79 Å². The van der Waals surface area contributed by atoms with Gasteiger partial charge in [0.25, 0.3) is 0 Å². The quantitative estimate of drug-likeness (QED) is 0.860. The molecule has 0 bridgehead atoms. The van der Waals surface area contributed by atoms with E-state index >= 15 is 0 Å². The van der Waals surface area contributed by atoms with E-state index in [9.17, 15) is 18.4 Å². The van der Waals surface area contributed by atoms with Crippen molar-refractivity contribution >= 4 is 11.9 Å². The lowest BCUT2D eigenvalue weighted by Crippen LogP contribution is -2.25. The highest BCUT2D eigenvalue weighted by atomic mass is 19.1. The van der Waals surface area contributed by atoms with Crippen molar-refractivity contribution in [2.45, 2.75) is 19.4 Å². The van der Waals surface area contributed by atoms with Crippen molar-refractivity contribution in [2.75, 3.05) is 0 Å². The molecule has 1 saturated carbocycles. The van der Waals surface area contributed by atoms with E-state index in [1.165, 1.54) is 0 Å². The molecule has 0 aliphatic heterocycles. The highest BCUT2D eigenvalue weighted by Crippen LogP contribution is 2.29. The van der Waals surface area contributed by atoms with Crippen LogP contribution >= 0.6 is 0 Å². The lowest BCUT2D eigenvalue weighted by atomic mass is 10.1. The minimum atomic E-state index is -1.67. The summed E-state index contributed by atoms with van der Waals surface area (Å²) in [6.45, 7) is -0.137. The van der Waals surface area contributed by atoms with Gasteiger partial charge in [0.1, 0.15) is 17.2 Å². The number of amides is 1. The summed E-state index contributed by atoms with van der Waals surface area (Å²) in [4.78, 5) is 22.0. The molecule has 0 saturated heterocycles. The van der Waals surface area contributed by atoms with Crippen LogP contribution in [0.15, 0.2) is 12.1 Å². The van der Waals surface area contributed by atoms with Gasteiger partial charge in [0.2, 0.25) is 5.91 Å². The summed E-state index contributed by atoms with van der Waals surface area (Å²) in [6, 6.07) is 2.01. The van der Waals surface area contributed by atoms with Crippen LogP contribution in [0.25, 0.3) is 0 Å². The summed E-state index contributed by atoms with van der Waals surface area (Å²) in [5, 5.41) is 11.2. The van der Waals surface area contributed by atoms with Gasteiger partial charge in [-0.2, -0.15) is 0 Å². The van der Waals surface area contributed by atoms with Crippen LogP contribution in [-0.2, 0) is 11.3 Å². The molecule has 2 N–H and O–H groups in total. The summed E-state index contributed by atoms with van der Waals surface area (Å²) in [7, 11) is 0. The number of nitrogens with one attached hydrogen (secondary N) is 1. The Morgan fingerprint density at radius 1 is 1.33 bits per heavy atom. The highest BCUT2D eigenvalue weighted by molar-refractivity contribution is 5.88. The third-order valence-corrected chi connectivity index (χ3v) is 2.79. The van der Waals surface area contributed by atoms with Gasteiger partial charge in [0.05, 0.1) is 0 Å². The third-order valence-electron chi connectivity index (χ3n) is 2.79. The Hall–Kier alpha value is -1.98. The van der Waals surface area contributed by atoms with Crippen LogP contribution in [0.1, 0.15) is 28.8 Å². The molecule has 0 atom stereocenters. The lowest BCUT2D eigenvalue weighted by molar-refractivity contribution is -0.122. The first-order valence-electron chi connectivity index (χ1n) is 5.48. The molecule has 1 aromatic rings. The molecule has 4 nitrogen and oxygen atoms in total. The van der Waals surface area contributed by atoms with Crippen LogP contribution in [0.3, 0.4) is 0 Å². The van der Waals surface area contributed by atoms with Gasteiger partial charge >= 0.3 is 5.97 Å². The van der Waals surface area contributed by atoms with Crippen molar-refractivity contribution in [3.8, 4) is 0 Å². The Balaban J connectivity index is 2.15. The SMILES string of the molecule is O=C(O)c1c(F)ccc(CNC(=O)C2CC2)c1F. The number of halogens is 2. The number of hydrogen-bond donors (Lipinski definition) is 2. The predicted octanol–water partition coefficient (Wildman–Crippen LogP) is 1.69. The molecule has 0 heterocycles. The topological polar surface area (TPSA) is 66.4 Å². The van der Waals surface area contributed by atoms with Crippen LogP contribution in [0.2, 0.25) is 0 Å². The van der Waals surface area contributed by atoms with Crippen LogP contribution in [-0.4, -0.2) is 17.0 Å². The number of benzene rings is 1. The molecule has 1 aliphatic rings. The first-order chi connectivity index (χ1) is 8.50. The Kier molecular flexibility index (Phi) is 3.27. The molecule has 0 spiro atoms. The number of carbonyl (C=O) groups excluding carboxylic acids is 1. The molecule has 1 aliphatic carbocycles. The average molecular weight is 255 g/mol. The number of carbonyl (C=O) groups is 2. The summed E-state index contributed by atoms with van der Waals surface area (Å²) in [5.41, 5.74) is -1.03. The average Bonchev–Trinajstić information content (AvgIpc) is 3.11. The van der Waals surface area contributed by atoms with Crippen molar-refractivity contribution in [2.24, 2.45) is 5.92 Å². The number of carboxylic acids is 1. The van der Waals surface area contributed by atoms with Gasteiger partial charge in [-0.25, -0.2) is 13.6 Å². The fourth-order valence-electron chi connectivity index (χ4n) is 1.60. The van der Waals surface area contributed by atoms with Gasteiger partial charge in [0.15, 0.2) is 0 Å². The molecule has 0 aromatic heterocycles. The monoisotopic (exact) mass is 255 g/mol. The van der Waals surface area contributed by atoms with Gasteiger partial charge < -0.3 is 10.4 Å². The largest absolute Gasteiger partial charge is 0.477 e. The second-order valence-electron chi connectivity index (χ2n) is 4.19. The maximum absolute atomic E-state index is 13.7. The molecule has 6 heteroatoms. The molecule has 0 radical (unpaired) electrons. The fraction of sp³-hybridized carbons (Fsp3) is 0.333. The van der Waals surface area contributed by atoms with Crippen molar-refractivity contribution < 1.29 is 23.5 Å². The molecular weight excluding hydrogens is 244 g/mol. The number of rotatable bonds is 4. The minimum absolute atomic E-state index is 0.0209. The summed E-state index contributed by atoms with van der Waals surface area (Å²) in [6.07, 6.45) is 1.64. The Morgan fingerprint density at radius 3 is 2.56 bits per heavy atom. The van der Waals surface area contributed by atoms with E-state index in [0.717, 1.165) is 25.0 Å². The summed E-state index contributed by atoms with van der Waals surface area (Å²) < 4.78 is 26.8. The van der Waals surface area contributed by atoms with E-state index in [4.69, 9.17) is 5.11 Å². The van der Waals surface area contributed by atoms with Gasteiger partial charge in [-0.15, -0.1) is 0 Å². The van der Waals surface area contributed by atoms with E-state index in [2.05, 4.69) is 5.32 Å². The second-order valence-corrected chi connectivity index (χ2v) is 4.19. The molecule has 96 valence electrons. The molecule has 1 aromatic carbocycles. The zero-order valence-corrected chi connectivity index (χ0v) is 9.37. The maximum Gasteiger partial charge on any atom is 0.341 e. The Morgan fingerprint density at radius 2 is 2.00 bits per heavy atom. The summed E-state index contributed by atoms with van der Waals surface area (Å²) in [5.74, 6) is -4.14. The van der Waals surface area contributed by atoms with Crippen molar-refractivity contribution in [3.05, 3.63) is 34.9 Å². The van der Waals surface area contributed by atoms with Crippen LogP contribution < -0.4 is 5.32 Å². The predicted molar refractivity (Wildman–Crippen MR) is 57.9 cm³/mol. The Bertz CT molecular complexity index is 512. The second kappa shape index (κ2) is 4.72. The third kappa shape index (κ3) is 2.47. The van der Waals surface area contributed by atoms with E-state index in [1.54, 1.807) is 0 Å². The maximum atomic E-state index is 13.7. The number of aromatic carboxylic acids is 1. The van der Waals surface area contributed by atoms with Crippen LogP contribution in [0.5, 0.6) is 0 Å². The zero-order valence-electron chi connectivity index (χ0n) is 9.37. The first-order valence-corrected chi connectivity index (χ1v) is 5.48. The van der Waals surface area contributed by atoms with E-state index < -0.39 is 23.2 Å². The summed E-state index contributed by atoms with van der Waals surface area (Å²) >= 11 is 0. The fourth-order valence-corrected chi connectivity index (χ4v) is 1.60. The molecule has 1 amide bonds. The molecule has 0 unspecified atom stereocenters. The lowest BCUT2D eigenvalue weighted by Gasteiger charge is -2.08. The molecule has 18 heavy (non-hydrogen) atoms. The molecule has 1 fully saturated rings. The molecular formula is C12H11F2NO3. The van der Waals surface area contributed by atoms with Gasteiger partial charge in [-0.1, -0.05) is 6.07 Å². The number of carboxylic acid groups (broad SMARTS) is 1. The minimum Gasteiger partial charge on any atom is -0.477 e.